The van der Waals surface area contributed by atoms with E-state index in [2.05, 4.69) is 19.2 Å². The van der Waals surface area contributed by atoms with E-state index in [1.54, 1.807) is 0 Å². The molecule has 1 aromatic rings. The van der Waals surface area contributed by atoms with Crippen molar-refractivity contribution in [2.45, 2.75) is 33.1 Å². The largest absolute Gasteiger partial charge is 0.506 e. The number of phenolic OH excluding ortho intramolecular Hbond substituents is 1. The van der Waals surface area contributed by atoms with Crippen molar-refractivity contribution in [2.75, 3.05) is 5.32 Å². The first-order valence-electron chi connectivity index (χ1n) is 6.59. The Labute approximate surface area is 117 Å². The standard InChI is InChI=1S/C14H18N2O4/c1-14(2)7-3-4-10(14)13(18)15-11-6-5-9(16(19)20)8-12(11)17/h5-6,8,10,17H,3-4,7H2,1-2H3,(H,15,18). The topological polar surface area (TPSA) is 92.5 Å². The molecule has 0 spiro atoms. The van der Waals surface area contributed by atoms with Crippen LogP contribution in [-0.2, 0) is 4.79 Å². The average Bonchev–Trinajstić information content (AvgIpc) is 2.71. The molecule has 0 aromatic heterocycles. The summed E-state index contributed by atoms with van der Waals surface area (Å²) in [6.45, 7) is 4.11. The van der Waals surface area contributed by atoms with Gasteiger partial charge < -0.3 is 10.4 Å². The maximum atomic E-state index is 12.2. The summed E-state index contributed by atoms with van der Waals surface area (Å²) in [6, 6.07) is 3.65. The smallest absolute Gasteiger partial charge is 0.273 e. The van der Waals surface area contributed by atoms with Gasteiger partial charge in [0.15, 0.2) is 0 Å². The van der Waals surface area contributed by atoms with E-state index >= 15 is 0 Å². The Morgan fingerprint density at radius 2 is 2.20 bits per heavy atom. The van der Waals surface area contributed by atoms with E-state index < -0.39 is 4.92 Å². The quantitative estimate of drug-likeness (QED) is 0.505. The van der Waals surface area contributed by atoms with E-state index in [0.29, 0.717) is 0 Å². The first-order valence-corrected chi connectivity index (χ1v) is 6.59. The average molecular weight is 278 g/mol. The van der Waals surface area contributed by atoms with Crippen molar-refractivity contribution in [1.29, 1.82) is 0 Å². The molecule has 6 nitrogen and oxygen atoms in total. The van der Waals surface area contributed by atoms with Gasteiger partial charge in [0.05, 0.1) is 16.7 Å². The maximum absolute atomic E-state index is 12.2. The van der Waals surface area contributed by atoms with Crippen LogP contribution in [0, 0.1) is 21.4 Å². The van der Waals surface area contributed by atoms with E-state index in [9.17, 15) is 20.0 Å². The molecule has 20 heavy (non-hydrogen) atoms. The number of carbonyl (C=O) groups is 1. The van der Waals surface area contributed by atoms with Crippen LogP contribution in [0.15, 0.2) is 18.2 Å². The fraction of sp³-hybridized carbons (Fsp3) is 0.500. The van der Waals surface area contributed by atoms with Gasteiger partial charge in [0, 0.05) is 12.0 Å². The molecule has 1 saturated carbocycles. The number of phenols is 1. The van der Waals surface area contributed by atoms with E-state index in [1.807, 2.05) is 0 Å². The second-order valence-electron chi connectivity index (χ2n) is 5.88. The summed E-state index contributed by atoms with van der Waals surface area (Å²) in [4.78, 5) is 22.2. The van der Waals surface area contributed by atoms with Crippen LogP contribution in [0.25, 0.3) is 0 Å². The van der Waals surface area contributed by atoms with Gasteiger partial charge in [-0.05, 0) is 24.3 Å². The van der Waals surface area contributed by atoms with Crippen molar-refractivity contribution in [3.63, 3.8) is 0 Å². The molecule has 108 valence electrons. The Kier molecular flexibility index (Phi) is 3.65. The van der Waals surface area contributed by atoms with Gasteiger partial charge in [-0.3, -0.25) is 14.9 Å². The number of aromatic hydroxyl groups is 1. The summed E-state index contributed by atoms with van der Waals surface area (Å²) in [5.41, 5.74) is -0.0505. The predicted octanol–water partition coefficient (Wildman–Crippen LogP) is 3.07. The van der Waals surface area contributed by atoms with Crippen LogP contribution in [0.3, 0.4) is 0 Å². The number of hydrogen-bond acceptors (Lipinski definition) is 4. The molecule has 0 heterocycles. The van der Waals surface area contributed by atoms with Crippen molar-refractivity contribution in [2.24, 2.45) is 11.3 Å². The highest BCUT2D eigenvalue weighted by Crippen LogP contribution is 2.43. The van der Waals surface area contributed by atoms with Gasteiger partial charge in [0.25, 0.3) is 5.69 Å². The Hall–Kier alpha value is -2.11. The molecule has 0 saturated heterocycles. The number of amides is 1. The molecule has 1 aliphatic carbocycles. The van der Waals surface area contributed by atoms with Crippen LogP contribution in [-0.4, -0.2) is 15.9 Å². The van der Waals surface area contributed by atoms with Crippen LogP contribution in [0.4, 0.5) is 11.4 Å². The molecule has 1 unspecified atom stereocenters. The summed E-state index contributed by atoms with van der Waals surface area (Å²) in [6.07, 6.45) is 2.83. The van der Waals surface area contributed by atoms with E-state index in [1.165, 1.54) is 12.1 Å². The molecule has 0 bridgehead atoms. The molecular weight excluding hydrogens is 260 g/mol. The van der Waals surface area contributed by atoms with Crippen molar-refractivity contribution >= 4 is 17.3 Å². The lowest BCUT2D eigenvalue weighted by atomic mass is 9.81. The SMILES string of the molecule is CC1(C)CCCC1C(=O)Nc1ccc([N+](=O)[O-])cc1O. The number of nitrogens with zero attached hydrogens (tertiary/aromatic N) is 1. The first-order chi connectivity index (χ1) is 9.31. The Morgan fingerprint density at radius 1 is 1.50 bits per heavy atom. The van der Waals surface area contributed by atoms with Crippen molar-refractivity contribution in [3.8, 4) is 5.75 Å². The highest BCUT2D eigenvalue weighted by molar-refractivity contribution is 5.94. The maximum Gasteiger partial charge on any atom is 0.273 e. The molecule has 2 N–H and O–H groups in total. The predicted molar refractivity (Wildman–Crippen MR) is 74.5 cm³/mol. The van der Waals surface area contributed by atoms with Gasteiger partial charge in [-0.15, -0.1) is 0 Å². The fourth-order valence-electron chi connectivity index (χ4n) is 2.77. The second-order valence-corrected chi connectivity index (χ2v) is 5.88. The third-order valence-corrected chi connectivity index (χ3v) is 4.02. The summed E-state index contributed by atoms with van der Waals surface area (Å²) < 4.78 is 0. The number of benzene rings is 1. The van der Waals surface area contributed by atoms with Gasteiger partial charge in [-0.2, -0.15) is 0 Å². The minimum Gasteiger partial charge on any atom is -0.506 e. The molecule has 0 radical (unpaired) electrons. The zero-order chi connectivity index (χ0) is 14.9. The summed E-state index contributed by atoms with van der Waals surface area (Å²) in [5.74, 6) is -0.530. The van der Waals surface area contributed by atoms with E-state index in [4.69, 9.17) is 0 Å². The minimum absolute atomic E-state index is 0.0551. The molecule has 1 aromatic carbocycles. The van der Waals surface area contributed by atoms with Gasteiger partial charge in [-0.25, -0.2) is 0 Å². The highest BCUT2D eigenvalue weighted by Gasteiger charge is 2.39. The molecule has 6 heteroatoms. The van der Waals surface area contributed by atoms with Gasteiger partial charge in [-0.1, -0.05) is 20.3 Å². The normalized spacial score (nSPS) is 20.6. The van der Waals surface area contributed by atoms with Crippen molar-refractivity contribution < 1.29 is 14.8 Å². The highest BCUT2D eigenvalue weighted by atomic mass is 16.6. The van der Waals surface area contributed by atoms with Crippen LogP contribution >= 0.6 is 0 Å². The number of anilines is 1. The molecule has 2 rings (SSSR count). The molecule has 1 atom stereocenters. The number of hydrogen-bond donors (Lipinski definition) is 2. The summed E-state index contributed by atoms with van der Waals surface area (Å²) in [5, 5.41) is 23.0. The minimum atomic E-state index is -0.592. The van der Waals surface area contributed by atoms with Crippen molar-refractivity contribution in [3.05, 3.63) is 28.3 Å². The van der Waals surface area contributed by atoms with Gasteiger partial charge >= 0.3 is 0 Å². The molecular formula is C14H18N2O4. The lowest BCUT2D eigenvalue weighted by molar-refractivity contribution is -0.384. The number of nitro groups is 1. The van der Waals surface area contributed by atoms with Gasteiger partial charge in [0.2, 0.25) is 5.91 Å². The van der Waals surface area contributed by atoms with Crippen LogP contribution in [0.1, 0.15) is 33.1 Å². The molecule has 0 aliphatic heterocycles. The molecule has 1 amide bonds. The lowest BCUT2D eigenvalue weighted by Gasteiger charge is -2.25. The number of non-ortho nitro benzene ring substituents is 1. The Morgan fingerprint density at radius 3 is 2.70 bits per heavy atom. The second kappa shape index (κ2) is 5.11. The zero-order valence-electron chi connectivity index (χ0n) is 11.5. The first kappa shape index (κ1) is 14.3. The zero-order valence-corrected chi connectivity index (χ0v) is 11.5. The fourth-order valence-corrected chi connectivity index (χ4v) is 2.77. The van der Waals surface area contributed by atoms with E-state index in [0.717, 1.165) is 25.3 Å². The summed E-state index contributed by atoms with van der Waals surface area (Å²) in [7, 11) is 0. The molecule has 1 aliphatic rings. The Balaban J connectivity index is 2.14. The monoisotopic (exact) mass is 278 g/mol. The third-order valence-electron chi connectivity index (χ3n) is 4.02. The number of nitro benzene ring substituents is 1. The lowest BCUT2D eigenvalue weighted by Crippen LogP contribution is -2.30. The Bertz CT molecular complexity index is 554. The molecule has 1 fully saturated rings. The number of rotatable bonds is 3. The third kappa shape index (κ3) is 2.74. The number of carbonyl (C=O) groups excluding carboxylic acids is 1. The van der Waals surface area contributed by atoms with Crippen LogP contribution < -0.4 is 5.32 Å². The van der Waals surface area contributed by atoms with E-state index in [-0.39, 0.29) is 34.4 Å². The number of nitrogens with one attached hydrogen (secondary N) is 1. The van der Waals surface area contributed by atoms with Crippen LogP contribution in [0.2, 0.25) is 0 Å². The van der Waals surface area contributed by atoms with Gasteiger partial charge in [0.1, 0.15) is 5.75 Å². The van der Waals surface area contributed by atoms with Crippen LogP contribution in [0.5, 0.6) is 5.75 Å². The van der Waals surface area contributed by atoms with Crippen molar-refractivity contribution in [1.82, 2.24) is 0 Å². The summed E-state index contributed by atoms with van der Waals surface area (Å²) >= 11 is 0.